The van der Waals surface area contributed by atoms with Crippen LogP contribution in [0.2, 0.25) is 0 Å². The lowest BCUT2D eigenvalue weighted by Gasteiger charge is -2.02. The number of carbonyl (C=O) groups is 1. The van der Waals surface area contributed by atoms with Gasteiger partial charge in [0.15, 0.2) is 0 Å². The highest BCUT2D eigenvalue weighted by Crippen LogP contribution is 2.11. The minimum atomic E-state index is -0.468. The highest BCUT2D eigenvalue weighted by molar-refractivity contribution is 7.15. The number of nitrogens with zero attached hydrogens (tertiary/aromatic N) is 2. The van der Waals surface area contributed by atoms with Gasteiger partial charge in [0.05, 0.1) is 7.11 Å². The van der Waals surface area contributed by atoms with Gasteiger partial charge in [-0.1, -0.05) is 6.07 Å². The Morgan fingerprint density at radius 3 is 2.81 bits per heavy atom. The molecular formula is C10H12N3O2P. The van der Waals surface area contributed by atoms with Crippen molar-refractivity contribution in [3.63, 3.8) is 0 Å². The van der Waals surface area contributed by atoms with Crippen LogP contribution in [0.4, 0.5) is 0 Å². The normalized spacial score (nSPS) is 11.8. The average Bonchev–Trinajstić information content (AvgIpc) is 2.35. The first kappa shape index (κ1) is 12.3. The zero-order chi connectivity index (χ0) is 12.0. The van der Waals surface area contributed by atoms with E-state index in [4.69, 9.17) is 5.73 Å². The van der Waals surface area contributed by atoms with E-state index in [1.54, 1.807) is 18.3 Å². The number of esters is 1. The Morgan fingerprint density at radius 2 is 2.38 bits per heavy atom. The van der Waals surface area contributed by atoms with Crippen LogP contribution >= 0.6 is 9.39 Å². The van der Waals surface area contributed by atoms with E-state index in [1.165, 1.54) is 19.5 Å². The van der Waals surface area contributed by atoms with Gasteiger partial charge in [0.2, 0.25) is 0 Å². The van der Waals surface area contributed by atoms with Gasteiger partial charge in [-0.15, -0.1) is 0 Å². The molecule has 0 saturated carbocycles. The van der Waals surface area contributed by atoms with Gasteiger partial charge < -0.3 is 10.5 Å². The number of hydrogen-bond donors (Lipinski definition) is 1. The van der Waals surface area contributed by atoms with Crippen LogP contribution in [-0.2, 0) is 4.74 Å². The van der Waals surface area contributed by atoms with Crippen LogP contribution in [0, 0.1) is 0 Å². The fraction of sp³-hybridized carbons (Fsp3) is 0.100. The predicted octanol–water partition coefficient (Wildman–Crippen LogP) is 1.03. The Kier molecular flexibility index (Phi) is 4.61. The third-order valence-corrected chi connectivity index (χ3v) is 2.03. The molecule has 0 aliphatic heterocycles. The zero-order valence-corrected chi connectivity index (χ0v) is 9.91. The van der Waals surface area contributed by atoms with E-state index < -0.39 is 5.97 Å². The second kappa shape index (κ2) is 5.98. The summed E-state index contributed by atoms with van der Waals surface area (Å²) in [6, 6.07) is 3.30. The van der Waals surface area contributed by atoms with Crippen LogP contribution in [0.5, 0.6) is 0 Å². The topological polar surface area (TPSA) is 77.6 Å². The molecule has 1 unspecified atom stereocenters. The lowest BCUT2D eigenvalue weighted by atomic mass is 10.1. The Morgan fingerprint density at radius 1 is 1.62 bits per heavy atom. The highest BCUT2D eigenvalue weighted by Gasteiger charge is 2.07. The van der Waals surface area contributed by atoms with Crippen molar-refractivity contribution in [2.45, 2.75) is 0 Å². The summed E-state index contributed by atoms with van der Waals surface area (Å²) in [6.07, 6.45) is 4.54. The van der Waals surface area contributed by atoms with Crippen LogP contribution in [0.3, 0.4) is 0 Å². The van der Waals surface area contributed by atoms with Gasteiger partial charge in [0.1, 0.15) is 5.69 Å². The quantitative estimate of drug-likeness (QED) is 0.484. The lowest BCUT2D eigenvalue weighted by Crippen LogP contribution is -2.04. The number of pyridine rings is 1. The first-order valence-corrected chi connectivity index (χ1v) is 4.94. The predicted molar refractivity (Wildman–Crippen MR) is 65.9 cm³/mol. The van der Waals surface area contributed by atoms with Crippen LogP contribution < -0.4 is 5.73 Å². The smallest absolute Gasteiger partial charge is 0.356 e. The third kappa shape index (κ3) is 2.87. The number of allylic oxidation sites excluding steroid dienone is 1. The second-order valence-corrected chi connectivity index (χ2v) is 3.12. The molecule has 0 spiro atoms. The van der Waals surface area contributed by atoms with Crippen molar-refractivity contribution in [2.24, 2.45) is 10.5 Å². The Bertz CT molecular complexity index is 426. The zero-order valence-electron chi connectivity index (χ0n) is 8.75. The average molecular weight is 237 g/mol. The Balaban J connectivity index is 2.98. The molecule has 0 bridgehead atoms. The summed E-state index contributed by atoms with van der Waals surface area (Å²) in [5, 5.41) is 0. The molecule has 1 aromatic rings. The minimum absolute atomic E-state index is 0.255. The Hall–Kier alpha value is -1.74. The lowest BCUT2D eigenvalue weighted by molar-refractivity contribution is 0.0594. The molecule has 1 atom stereocenters. The molecule has 84 valence electrons. The first-order chi connectivity index (χ1) is 7.72. The van der Waals surface area contributed by atoms with E-state index in [1.807, 2.05) is 0 Å². The summed E-state index contributed by atoms with van der Waals surface area (Å²) in [5.41, 5.74) is 7.19. The molecule has 0 amide bonds. The maximum atomic E-state index is 11.1. The maximum Gasteiger partial charge on any atom is 0.356 e. The van der Waals surface area contributed by atoms with Crippen molar-refractivity contribution in [2.75, 3.05) is 7.11 Å². The molecule has 16 heavy (non-hydrogen) atoms. The van der Waals surface area contributed by atoms with Crippen LogP contribution in [0.15, 0.2) is 29.3 Å². The molecule has 1 rings (SSSR count). The summed E-state index contributed by atoms with van der Waals surface area (Å²) in [6.45, 7) is 0. The molecule has 1 aromatic heterocycles. The monoisotopic (exact) mass is 237 g/mol. The van der Waals surface area contributed by atoms with E-state index in [9.17, 15) is 4.79 Å². The number of rotatable bonds is 3. The van der Waals surface area contributed by atoms with E-state index in [2.05, 4.69) is 23.9 Å². The minimum Gasteiger partial charge on any atom is -0.464 e. The van der Waals surface area contributed by atoms with Crippen molar-refractivity contribution in [3.05, 3.63) is 35.8 Å². The fourth-order valence-electron chi connectivity index (χ4n) is 1.08. The third-order valence-electron chi connectivity index (χ3n) is 1.88. The molecule has 0 fully saturated rings. The van der Waals surface area contributed by atoms with Gasteiger partial charge in [-0.3, -0.25) is 4.76 Å². The van der Waals surface area contributed by atoms with E-state index in [0.29, 0.717) is 0 Å². The summed E-state index contributed by atoms with van der Waals surface area (Å²) in [4.78, 5) is 15.1. The number of methoxy groups -OCH3 is 1. The molecule has 0 aliphatic rings. The largest absolute Gasteiger partial charge is 0.464 e. The summed E-state index contributed by atoms with van der Waals surface area (Å²) in [7, 11) is 3.52. The van der Waals surface area contributed by atoms with Crippen LogP contribution in [0.25, 0.3) is 5.57 Å². The van der Waals surface area contributed by atoms with Gasteiger partial charge >= 0.3 is 5.97 Å². The van der Waals surface area contributed by atoms with Crippen LogP contribution in [-0.4, -0.2) is 24.3 Å². The standard InChI is InChI=1S/C10H12N3O2P/c1-15-10(14)9-3-2-7(5-12-9)8(4-11)6-13-16/h2-6H,11,16H2,1H3. The van der Waals surface area contributed by atoms with E-state index >= 15 is 0 Å². The van der Waals surface area contributed by atoms with Crippen molar-refractivity contribution in [3.8, 4) is 0 Å². The molecule has 1 heterocycles. The van der Waals surface area contributed by atoms with E-state index in [-0.39, 0.29) is 5.69 Å². The molecule has 0 aliphatic carbocycles. The number of nitrogens with two attached hydrogens (primary N) is 1. The summed E-state index contributed by atoms with van der Waals surface area (Å²) < 4.78 is 8.32. The molecular weight excluding hydrogens is 225 g/mol. The summed E-state index contributed by atoms with van der Waals surface area (Å²) >= 11 is 0. The molecule has 2 N–H and O–H groups in total. The Labute approximate surface area is 95.7 Å². The van der Waals surface area contributed by atoms with Gasteiger partial charge in [0, 0.05) is 29.7 Å². The maximum absolute atomic E-state index is 11.1. The first-order valence-electron chi connectivity index (χ1n) is 4.42. The fourth-order valence-corrected chi connectivity index (χ4v) is 1.24. The van der Waals surface area contributed by atoms with Gasteiger partial charge in [-0.2, -0.15) is 0 Å². The number of ether oxygens (including phenoxy) is 1. The summed E-state index contributed by atoms with van der Waals surface area (Å²) in [5.74, 6) is -0.468. The molecule has 0 radical (unpaired) electrons. The molecule has 0 aromatic carbocycles. The number of carbonyl (C=O) groups excluding carboxylic acids is 1. The van der Waals surface area contributed by atoms with Crippen molar-refractivity contribution in [1.29, 1.82) is 0 Å². The molecule has 0 saturated heterocycles. The van der Waals surface area contributed by atoms with E-state index in [0.717, 1.165) is 11.1 Å². The van der Waals surface area contributed by atoms with Crippen molar-refractivity contribution >= 4 is 27.1 Å². The SMILES string of the molecule is COC(=O)c1ccc(C(C=NP)=CN)cn1. The molecule has 5 nitrogen and oxygen atoms in total. The van der Waals surface area contributed by atoms with Gasteiger partial charge in [-0.05, 0) is 15.5 Å². The van der Waals surface area contributed by atoms with Crippen LogP contribution in [0.1, 0.15) is 16.1 Å². The highest BCUT2D eigenvalue weighted by atomic mass is 31.0. The van der Waals surface area contributed by atoms with Gasteiger partial charge in [-0.25, -0.2) is 9.78 Å². The van der Waals surface area contributed by atoms with Crippen molar-refractivity contribution < 1.29 is 9.53 Å². The molecule has 6 heteroatoms. The van der Waals surface area contributed by atoms with Crippen molar-refractivity contribution in [1.82, 2.24) is 4.98 Å². The number of hydrogen-bond acceptors (Lipinski definition) is 5. The second-order valence-electron chi connectivity index (χ2n) is 2.82. The number of aromatic nitrogens is 1. The van der Waals surface area contributed by atoms with Gasteiger partial charge in [0.25, 0.3) is 0 Å².